The molecule has 1 amide bonds. The average molecular weight is 312 g/mol. The molecule has 120 valence electrons. The molecule has 1 N–H and O–H groups in total. The number of ether oxygens (including phenoxy) is 2. The number of fused-ring (bicyclic) bond motifs is 1. The summed E-state index contributed by atoms with van der Waals surface area (Å²) < 4.78 is 10.9. The SMILES string of the molecule is COCC(=O)NC[C@@H]1Cc2cc(C)cc(-c3ccccn3)c2O1. The fourth-order valence-corrected chi connectivity index (χ4v) is 2.83. The van der Waals surface area contributed by atoms with Gasteiger partial charge in [-0.2, -0.15) is 0 Å². The summed E-state index contributed by atoms with van der Waals surface area (Å²) in [7, 11) is 1.50. The third kappa shape index (κ3) is 3.51. The highest BCUT2D eigenvalue weighted by Crippen LogP contribution is 2.38. The fraction of sp³-hybridized carbons (Fsp3) is 0.333. The molecule has 1 atom stereocenters. The van der Waals surface area contributed by atoms with Crippen LogP contribution in [0.5, 0.6) is 5.75 Å². The van der Waals surface area contributed by atoms with E-state index in [-0.39, 0.29) is 18.6 Å². The van der Waals surface area contributed by atoms with Gasteiger partial charge in [0.1, 0.15) is 18.5 Å². The molecule has 5 nitrogen and oxygen atoms in total. The number of hydrogen-bond acceptors (Lipinski definition) is 4. The maximum Gasteiger partial charge on any atom is 0.246 e. The van der Waals surface area contributed by atoms with E-state index in [0.29, 0.717) is 6.54 Å². The quantitative estimate of drug-likeness (QED) is 0.919. The highest BCUT2D eigenvalue weighted by Gasteiger charge is 2.27. The van der Waals surface area contributed by atoms with E-state index in [9.17, 15) is 4.79 Å². The average Bonchev–Trinajstić information content (AvgIpc) is 2.96. The third-order valence-corrected chi connectivity index (χ3v) is 3.79. The first-order chi connectivity index (χ1) is 11.2. The lowest BCUT2D eigenvalue weighted by atomic mass is 10.0. The predicted octanol–water partition coefficient (Wildman–Crippen LogP) is 2.12. The van der Waals surface area contributed by atoms with E-state index in [0.717, 1.165) is 29.0 Å². The van der Waals surface area contributed by atoms with Crippen molar-refractivity contribution in [2.24, 2.45) is 0 Å². The number of carbonyl (C=O) groups excluding carboxylic acids is 1. The zero-order chi connectivity index (χ0) is 16.2. The minimum absolute atomic E-state index is 0.0601. The molecule has 1 aliphatic rings. The van der Waals surface area contributed by atoms with Crippen molar-refractivity contribution in [3.8, 4) is 17.0 Å². The smallest absolute Gasteiger partial charge is 0.246 e. The number of pyridine rings is 1. The van der Waals surface area contributed by atoms with Crippen molar-refractivity contribution in [2.45, 2.75) is 19.4 Å². The second-order valence-corrected chi connectivity index (χ2v) is 5.70. The lowest BCUT2D eigenvalue weighted by Gasteiger charge is -2.13. The minimum Gasteiger partial charge on any atom is -0.487 e. The lowest BCUT2D eigenvalue weighted by Crippen LogP contribution is -2.36. The van der Waals surface area contributed by atoms with E-state index < -0.39 is 0 Å². The van der Waals surface area contributed by atoms with Crippen LogP contribution >= 0.6 is 0 Å². The van der Waals surface area contributed by atoms with Gasteiger partial charge in [0, 0.05) is 25.3 Å². The Balaban J connectivity index is 1.78. The van der Waals surface area contributed by atoms with E-state index >= 15 is 0 Å². The molecule has 5 heteroatoms. The van der Waals surface area contributed by atoms with E-state index in [1.807, 2.05) is 18.2 Å². The van der Waals surface area contributed by atoms with Gasteiger partial charge in [0.05, 0.1) is 12.2 Å². The minimum atomic E-state index is -0.131. The molecule has 0 radical (unpaired) electrons. The highest BCUT2D eigenvalue weighted by molar-refractivity contribution is 5.77. The summed E-state index contributed by atoms with van der Waals surface area (Å²) in [6.07, 6.45) is 2.50. The van der Waals surface area contributed by atoms with Crippen LogP contribution in [-0.4, -0.2) is 37.3 Å². The molecule has 0 bridgehead atoms. The van der Waals surface area contributed by atoms with Crippen molar-refractivity contribution in [2.75, 3.05) is 20.3 Å². The van der Waals surface area contributed by atoms with Crippen LogP contribution in [0, 0.1) is 6.92 Å². The fourth-order valence-electron chi connectivity index (χ4n) is 2.83. The van der Waals surface area contributed by atoms with Gasteiger partial charge in [-0.3, -0.25) is 9.78 Å². The molecule has 0 aliphatic carbocycles. The van der Waals surface area contributed by atoms with Gasteiger partial charge in [0.25, 0.3) is 0 Å². The number of carbonyl (C=O) groups is 1. The molecule has 0 saturated carbocycles. The van der Waals surface area contributed by atoms with Gasteiger partial charge in [-0.1, -0.05) is 12.1 Å². The summed E-state index contributed by atoms with van der Waals surface area (Å²) >= 11 is 0. The van der Waals surface area contributed by atoms with E-state index in [1.54, 1.807) is 6.20 Å². The van der Waals surface area contributed by atoms with Crippen molar-refractivity contribution < 1.29 is 14.3 Å². The number of rotatable bonds is 5. The summed E-state index contributed by atoms with van der Waals surface area (Å²) in [5, 5.41) is 2.83. The lowest BCUT2D eigenvalue weighted by molar-refractivity contribution is -0.125. The van der Waals surface area contributed by atoms with E-state index in [4.69, 9.17) is 9.47 Å². The first-order valence-corrected chi connectivity index (χ1v) is 7.64. The maximum atomic E-state index is 11.5. The van der Waals surface area contributed by atoms with Gasteiger partial charge in [0.2, 0.25) is 5.91 Å². The molecule has 1 aliphatic heterocycles. The van der Waals surface area contributed by atoms with Crippen LogP contribution in [-0.2, 0) is 16.0 Å². The summed E-state index contributed by atoms with van der Waals surface area (Å²) in [4.78, 5) is 15.9. The van der Waals surface area contributed by atoms with Crippen LogP contribution in [0.25, 0.3) is 11.3 Å². The number of amides is 1. The highest BCUT2D eigenvalue weighted by atomic mass is 16.5. The van der Waals surface area contributed by atoms with Gasteiger partial charge >= 0.3 is 0 Å². The molecular weight excluding hydrogens is 292 g/mol. The Bertz CT molecular complexity index is 701. The Morgan fingerprint density at radius 3 is 3.04 bits per heavy atom. The number of nitrogens with zero attached hydrogens (tertiary/aromatic N) is 1. The van der Waals surface area contributed by atoms with Gasteiger partial charge in [-0.25, -0.2) is 0 Å². The Hall–Kier alpha value is -2.40. The predicted molar refractivity (Wildman–Crippen MR) is 87.4 cm³/mol. The number of aryl methyl sites for hydroxylation is 1. The molecule has 0 saturated heterocycles. The van der Waals surface area contributed by atoms with Crippen molar-refractivity contribution in [1.29, 1.82) is 0 Å². The van der Waals surface area contributed by atoms with Crippen LogP contribution in [0.3, 0.4) is 0 Å². The van der Waals surface area contributed by atoms with Crippen molar-refractivity contribution in [3.05, 3.63) is 47.7 Å². The van der Waals surface area contributed by atoms with Crippen LogP contribution in [0.4, 0.5) is 0 Å². The number of nitrogens with one attached hydrogen (secondary N) is 1. The molecule has 2 heterocycles. The first kappa shape index (κ1) is 15.5. The molecule has 0 spiro atoms. The standard InChI is InChI=1S/C18H20N2O3/c1-12-7-13-9-14(10-20-17(21)11-22-2)23-18(13)15(8-12)16-5-3-4-6-19-16/h3-8,14H,9-11H2,1-2H3,(H,20,21)/t14-/m0/s1. The van der Waals surface area contributed by atoms with Crippen LogP contribution in [0.1, 0.15) is 11.1 Å². The molecule has 0 fully saturated rings. The summed E-state index contributed by atoms with van der Waals surface area (Å²) in [5.74, 6) is 0.744. The Labute approximate surface area is 135 Å². The van der Waals surface area contributed by atoms with Crippen molar-refractivity contribution in [1.82, 2.24) is 10.3 Å². The molecule has 23 heavy (non-hydrogen) atoms. The topological polar surface area (TPSA) is 60.5 Å². The molecular formula is C18H20N2O3. The van der Waals surface area contributed by atoms with Crippen molar-refractivity contribution >= 4 is 5.91 Å². The Kier molecular flexibility index (Phi) is 4.57. The van der Waals surface area contributed by atoms with Crippen LogP contribution < -0.4 is 10.1 Å². The largest absolute Gasteiger partial charge is 0.487 e. The summed E-state index contributed by atoms with van der Waals surface area (Å²) in [6, 6.07) is 10.1. The van der Waals surface area contributed by atoms with Crippen LogP contribution in [0.2, 0.25) is 0 Å². The third-order valence-electron chi connectivity index (χ3n) is 3.79. The van der Waals surface area contributed by atoms with Gasteiger partial charge < -0.3 is 14.8 Å². The number of benzene rings is 1. The number of aromatic nitrogens is 1. The monoisotopic (exact) mass is 312 g/mol. The zero-order valence-electron chi connectivity index (χ0n) is 13.3. The number of hydrogen-bond donors (Lipinski definition) is 1. The normalized spacial score (nSPS) is 15.8. The van der Waals surface area contributed by atoms with Gasteiger partial charge in [0.15, 0.2) is 0 Å². The Morgan fingerprint density at radius 1 is 1.43 bits per heavy atom. The second kappa shape index (κ2) is 6.79. The molecule has 0 unspecified atom stereocenters. The van der Waals surface area contributed by atoms with Gasteiger partial charge in [-0.15, -0.1) is 0 Å². The summed E-state index contributed by atoms with van der Waals surface area (Å²) in [6.45, 7) is 2.61. The molecule has 3 rings (SSSR count). The molecule has 2 aromatic rings. The first-order valence-electron chi connectivity index (χ1n) is 7.64. The van der Waals surface area contributed by atoms with Gasteiger partial charge in [-0.05, 0) is 36.2 Å². The molecule has 1 aromatic heterocycles. The van der Waals surface area contributed by atoms with Crippen LogP contribution in [0.15, 0.2) is 36.5 Å². The van der Waals surface area contributed by atoms with Crippen molar-refractivity contribution in [3.63, 3.8) is 0 Å². The second-order valence-electron chi connectivity index (χ2n) is 5.70. The maximum absolute atomic E-state index is 11.5. The van der Waals surface area contributed by atoms with E-state index in [1.165, 1.54) is 12.7 Å². The Morgan fingerprint density at radius 2 is 2.30 bits per heavy atom. The zero-order valence-corrected chi connectivity index (χ0v) is 13.3. The number of methoxy groups -OCH3 is 1. The summed E-state index contributed by atoms with van der Waals surface area (Å²) in [5.41, 5.74) is 4.25. The molecule has 1 aromatic carbocycles. The van der Waals surface area contributed by atoms with E-state index in [2.05, 4.69) is 29.4 Å².